The molecule has 0 aliphatic rings. The van der Waals surface area contributed by atoms with Crippen LogP contribution in [-0.2, 0) is 4.79 Å². The number of non-ortho nitro benzene ring substituents is 1. The normalized spacial score (nSPS) is 11.7. The van der Waals surface area contributed by atoms with Gasteiger partial charge in [0.2, 0.25) is 0 Å². The fraction of sp³-hybridized carbons (Fsp3) is 0.308. The summed E-state index contributed by atoms with van der Waals surface area (Å²) in [7, 11) is 0. The summed E-state index contributed by atoms with van der Waals surface area (Å²) in [5.41, 5.74) is 0.240. The number of nitro benzene ring substituents is 1. The van der Waals surface area contributed by atoms with Gasteiger partial charge < -0.3 is 0 Å². The molecule has 4 heteroatoms. The van der Waals surface area contributed by atoms with Crippen LogP contribution in [0.25, 0.3) is 6.08 Å². The molecule has 0 bridgehead atoms. The molecule has 0 fully saturated rings. The molecule has 17 heavy (non-hydrogen) atoms. The summed E-state index contributed by atoms with van der Waals surface area (Å²) < 4.78 is 0. The molecule has 1 aromatic rings. The fourth-order valence-corrected chi connectivity index (χ4v) is 1.16. The highest BCUT2D eigenvalue weighted by Gasteiger charge is 2.17. The molecule has 0 atom stereocenters. The summed E-state index contributed by atoms with van der Waals surface area (Å²) >= 11 is 0. The zero-order chi connectivity index (χ0) is 13.1. The van der Waals surface area contributed by atoms with E-state index in [1.807, 2.05) is 20.8 Å². The summed E-state index contributed by atoms with van der Waals surface area (Å²) in [6, 6.07) is 6.17. The van der Waals surface area contributed by atoms with Crippen LogP contribution in [0.4, 0.5) is 5.69 Å². The third-order valence-corrected chi connectivity index (χ3v) is 2.25. The van der Waals surface area contributed by atoms with Crippen LogP contribution >= 0.6 is 0 Å². The Labute approximate surface area is 100 Å². The minimum absolute atomic E-state index is 0.0102. The number of ketones is 1. The lowest BCUT2D eigenvalue weighted by molar-refractivity contribution is -0.384. The van der Waals surface area contributed by atoms with Crippen molar-refractivity contribution < 1.29 is 9.72 Å². The average Bonchev–Trinajstić information content (AvgIpc) is 2.25. The molecule has 0 aromatic heterocycles. The monoisotopic (exact) mass is 233 g/mol. The van der Waals surface area contributed by atoms with E-state index in [1.54, 1.807) is 18.2 Å². The molecule has 4 nitrogen and oxygen atoms in total. The van der Waals surface area contributed by atoms with Crippen LogP contribution in [0.2, 0.25) is 0 Å². The molecule has 0 spiro atoms. The van der Waals surface area contributed by atoms with Crippen molar-refractivity contribution in [2.75, 3.05) is 0 Å². The molecule has 0 aliphatic heterocycles. The minimum atomic E-state index is -0.455. The van der Waals surface area contributed by atoms with Gasteiger partial charge >= 0.3 is 0 Å². The Balaban J connectivity index is 2.89. The van der Waals surface area contributed by atoms with E-state index in [2.05, 4.69) is 0 Å². The Morgan fingerprint density at radius 2 is 2.00 bits per heavy atom. The third-order valence-electron chi connectivity index (χ3n) is 2.25. The van der Waals surface area contributed by atoms with Crippen LogP contribution in [0.15, 0.2) is 30.3 Å². The van der Waals surface area contributed by atoms with Crippen LogP contribution in [0.3, 0.4) is 0 Å². The van der Waals surface area contributed by atoms with Gasteiger partial charge in [-0.3, -0.25) is 14.9 Å². The third kappa shape index (κ3) is 3.83. The molecule has 0 saturated carbocycles. The zero-order valence-corrected chi connectivity index (χ0v) is 10.1. The molecule has 0 amide bonds. The van der Waals surface area contributed by atoms with E-state index in [0.717, 1.165) is 0 Å². The molecule has 90 valence electrons. The Bertz CT molecular complexity index is 470. The maximum absolute atomic E-state index is 11.6. The van der Waals surface area contributed by atoms with Crippen LogP contribution in [0.1, 0.15) is 26.3 Å². The largest absolute Gasteiger partial charge is 0.294 e. The summed E-state index contributed by atoms with van der Waals surface area (Å²) in [6.45, 7) is 5.48. The summed E-state index contributed by atoms with van der Waals surface area (Å²) in [5.74, 6) is -0.0102. The van der Waals surface area contributed by atoms with Gasteiger partial charge in [0.1, 0.15) is 0 Å². The number of carbonyl (C=O) groups excluding carboxylic acids is 1. The second-order valence-corrected chi connectivity index (χ2v) is 4.80. The lowest BCUT2D eigenvalue weighted by Gasteiger charge is -2.12. The predicted molar refractivity (Wildman–Crippen MR) is 66.6 cm³/mol. The standard InChI is InChI=1S/C13H15NO3/c1-13(2,3)12(15)8-7-10-5-4-6-11(9-10)14(16)17/h4-9H,1-3H3. The molecule has 0 unspecified atom stereocenters. The van der Waals surface area contributed by atoms with Crippen molar-refractivity contribution in [2.45, 2.75) is 20.8 Å². The first-order valence-corrected chi connectivity index (χ1v) is 5.27. The molecule has 1 rings (SSSR count). The second kappa shape index (κ2) is 4.91. The van der Waals surface area contributed by atoms with Gasteiger partial charge in [-0.1, -0.05) is 39.0 Å². The van der Waals surface area contributed by atoms with Crippen molar-refractivity contribution in [2.24, 2.45) is 5.41 Å². The predicted octanol–water partition coefficient (Wildman–Crippen LogP) is 3.22. The first-order chi connectivity index (χ1) is 7.80. The quantitative estimate of drug-likeness (QED) is 0.457. The molecule has 0 saturated heterocycles. The second-order valence-electron chi connectivity index (χ2n) is 4.80. The number of hydrogen-bond acceptors (Lipinski definition) is 3. The highest BCUT2D eigenvalue weighted by molar-refractivity contribution is 5.97. The van der Waals surface area contributed by atoms with E-state index in [1.165, 1.54) is 18.2 Å². The molecular formula is C13H15NO3. The highest BCUT2D eigenvalue weighted by Crippen LogP contribution is 2.18. The Morgan fingerprint density at radius 1 is 1.35 bits per heavy atom. The highest BCUT2D eigenvalue weighted by atomic mass is 16.6. The average molecular weight is 233 g/mol. The van der Waals surface area contributed by atoms with E-state index in [4.69, 9.17) is 0 Å². The summed E-state index contributed by atoms with van der Waals surface area (Å²) in [4.78, 5) is 21.7. The van der Waals surface area contributed by atoms with Crippen molar-refractivity contribution in [3.8, 4) is 0 Å². The zero-order valence-electron chi connectivity index (χ0n) is 10.1. The van der Waals surface area contributed by atoms with Crippen molar-refractivity contribution in [3.63, 3.8) is 0 Å². The first-order valence-electron chi connectivity index (χ1n) is 5.27. The first kappa shape index (κ1) is 13.1. The van der Waals surface area contributed by atoms with Crippen molar-refractivity contribution in [1.82, 2.24) is 0 Å². The number of allylic oxidation sites excluding steroid dienone is 1. The van der Waals surface area contributed by atoms with E-state index >= 15 is 0 Å². The summed E-state index contributed by atoms with van der Waals surface area (Å²) in [5, 5.41) is 10.6. The van der Waals surface area contributed by atoms with Crippen LogP contribution in [-0.4, -0.2) is 10.7 Å². The SMILES string of the molecule is CC(C)(C)C(=O)C=Cc1cccc([N+](=O)[O-])c1. The molecule has 1 aromatic carbocycles. The van der Waals surface area contributed by atoms with E-state index in [0.29, 0.717) is 5.56 Å². The Morgan fingerprint density at radius 3 is 2.53 bits per heavy atom. The number of nitro groups is 1. The van der Waals surface area contributed by atoms with Gasteiger partial charge in [0.25, 0.3) is 5.69 Å². The Kier molecular flexibility index (Phi) is 3.78. The smallest absolute Gasteiger partial charge is 0.270 e. The van der Waals surface area contributed by atoms with Gasteiger partial charge in [-0.25, -0.2) is 0 Å². The van der Waals surface area contributed by atoms with Crippen molar-refractivity contribution in [3.05, 3.63) is 46.0 Å². The molecular weight excluding hydrogens is 218 g/mol. The van der Waals surface area contributed by atoms with Crippen molar-refractivity contribution in [1.29, 1.82) is 0 Å². The van der Waals surface area contributed by atoms with Gasteiger partial charge in [0, 0.05) is 17.5 Å². The fourth-order valence-electron chi connectivity index (χ4n) is 1.16. The van der Waals surface area contributed by atoms with E-state index in [9.17, 15) is 14.9 Å². The van der Waals surface area contributed by atoms with Gasteiger partial charge in [-0.2, -0.15) is 0 Å². The molecule has 0 radical (unpaired) electrons. The number of carbonyl (C=O) groups is 1. The topological polar surface area (TPSA) is 60.2 Å². The van der Waals surface area contributed by atoms with Gasteiger partial charge in [-0.15, -0.1) is 0 Å². The Hall–Kier alpha value is -1.97. The number of benzene rings is 1. The number of rotatable bonds is 3. The van der Waals surface area contributed by atoms with E-state index < -0.39 is 10.3 Å². The van der Waals surface area contributed by atoms with Crippen LogP contribution < -0.4 is 0 Å². The minimum Gasteiger partial charge on any atom is -0.294 e. The van der Waals surface area contributed by atoms with E-state index in [-0.39, 0.29) is 11.5 Å². The van der Waals surface area contributed by atoms with Gasteiger partial charge in [0.05, 0.1) is 4.92 Å². The lowest BCUT2D eigenvalue weighted by atomic mass is 9.90. The number of hydrogen-bond donors (Lipinski definition) is 0. The van der Waals surface area contributed by atoms with Crippen molar-refractivity contribution >= 4 is 17.5 Å². The van der Waals surface area contributed by atoms with Gasteiger partial charge in [-0.05, 0) is 11.6 Å². The van der Waals surface area contributed by atoms with Gasteiger partial charge in [0.15, 0.2) is 5.78 Å². The molecule has 0 aliphatic carbocycles. The molecule has 0 N–H and O–H groups in total. The summed E-state index contributed by atoms with van der Waals surface area (Å²) in [6.07, 6.45) is 3.06. The molecule has 0 heterocycles. The lowest BCUT2D eigenvalue weighted by Crippen LogP contribution is -2.17. The number of nitrogens with zero attached hydrogens (tertiary/aromatic N) is 1. The van der Waals surface area contributed by atoms with Crippen LogP contribution in [0, 0.1) is 15.5 Å². The van der Waals surface area contributed by atoms with Crippen LogP contribution in [0.5, 0.6) is 0 Å². The maximum Gasteiger partial charge on any atom is 0.270 e. The maximum atomic E-state index is 11.6.